The molecule has 8 aliphatic rings. The van der Waals surface area contributed by atoms with Crippen molar-refractivity contribution in [1.29, 1.82) is 0 Å². The Labute approximate surface area is 378 Å². The number of hydrogen-bond acceptors (Lipinski definition) is 4. The highest BCUT2D eigenvalue weighted by molar-refractivity contribution is 5.27. The van der Waals surface area contributed by atoms with Gasteiger partial charge in [0.25, 0.3) is 0 Å². The smallest absolute Gasteiger partial charge is 0.0657 e. The number of hydrogen-bond donors (Lipinski definition) is 4. The second-order valence-corrected chi connectivity index (χ2v) is 26.5. The van der Waals surface area contributed by atoms with Gasteiger partial charge in [-0.05, 0) is 247 Å². The SMILES string of the molecule is C.CC(C)CC[C@@H](O)[C@@H](C)[C@H]1CC[C@H]2[C@@H]3CC=C4C[C@@](C)(O)CC[C@]4(C)[C@H]3CC[C@]12C.CC(C)CC[C@H](O)[C@@H](C)[C@H]1CC[C@H]2[C@@H]3CC[C@H]4C[C@@](C)(O)CC[C@]4(C)[C@H]3CC[C@]12C. The maximum absolute atomic E-state index is 11.0. The van der Waals surface area contributed by atoms with Gasteiger partial charge in [0.15, 0.2) is 0 Å². The van der Waals surface area contributed by atoms with E-state index in [1.165, 1.54) is 77.0 Å². The van der Waals surface area contributed by atoms with Crippen molar-refractivity contribution in [2.75, 3.05) is 0 Å². The van der Waals surface area contributed by atoms with E-state index in [-0.39, 0.29) is 19.6 Å². The van der Waals surface area contributed by atoms with Crippen LogP contribution in [-0.4, -0.2) is 43.8 Å². The molecule has 0 heterocycles. The molecule has 0 aromatic carbocycles. The van der Waals surface area contributed by atoms with Crippen LogP contribution in [0.2, 0.25) is 0 Å². The summed E-state index contributed by atoms with van der Waals surface area (Å²) in [6.07, 6.45) is 27.5. The van der Waals surface area contributed by atoms with Crippen LogP contribution in [0.3, 0.4) is 0 Å². The molecule has 19 atom stereocenters. The van der Waals surface area contributed by atoms with Crippen molar-refractivity contribution < 1.29 is 20.4 Å². The summed E-state index contributed by atoms with van der Waals surface area (Å²) in [5.41, 5.74) is 2.24. The molecule has 8 aliphatic carbocycles. The van der Waals surface area contributed by atoms with Crippen LogP contribution in [0, 0.1) is 98.6 Å². The monoisotopic (exact) mass is 851 g/mol. The summed E-state index contributed by atoms with van der Waals surface area (Å²) in [5.74, 6) is 9.35. The summed E-state index contributed by atoms with van der Waals surface area (Å²) >= 11 is 0. The van der Waals surface area contributed by atoms with E-state index in [1.807, 2.05) is 6.92 Å². The summed E-state index contributed by atoms with van der Waals surface area (Å²) < 4.78 is 0. The van der Waals surface area contributed by atoms with Crippen LogP contribution in [0.5, 0.6) is 0 Å². The second-order valence-electron chi connectivity index (χ2n) is 26.5. The Hall–Kier alpha value is -0.420. The lowest BCUT2D eigenvalue weighted by Gasteiger charge is -2.62. The summed E-state index contributed by atoms with van der Waals surface area (Å²) in [5, 5.41) is 43.4. The van der Waals surface area contributed by atoms with Gasteiger partial charge in [-0.25, -0.2) is 0 Å². The molecule has 0 aromatic heterocycles. The standard InChI is InChI=1S/C28H50O2.C28H48O2.CH4/c2*1-18(2)7-12-25(29)19(3)22-10-11-23-21-9-8-20-17-26(4,30)15-16-27(20,5)24(21)13-14-28(22,23)6;/h18-25,29-30H,7-17H2,1-6H3;8,18-19,21-25,29-30H,7,9-17H2,1-6H3;1H4/t19-,20-,21-,22+,23-,24-,25-,26-,27-,28+;19-,21-,22+,23-,24-,25+,26-,27-,28+;/m00./s1. The Morgan fingerprint density at radius 2 is 1.02 bits per heavy atom. The summed E-state index contributed by atoms with van der Waals surface area (Å²) in [6, 6.07) is 0. The molecule has 7 fully saturated rings. The van der Waals surface area contributed by atoms with Gasteiger partial charge in [0.2, 0.25) is 0 Å². The zero-order valence-electron chi connectivity index (χ0n) is 41.4. The van der Waals surface area contributed by atoms with E-state index >= 15 is 0 Å². The van der Waals surface area contributed by atoms with Crippen molar-refractivity contribution >= 4 is 0 Å². The van der Waals surface area contributed by atoms with E-state index in [4.69, 9.17) is 0 Å². The largest absolute Gasteiger partial charge is 0.393 e. The Morgan fingerprint density at radius 3 is 1.56 bits per heavy atom. The highest BCUT2D eigenvalue weighted by Crippen LogP contribution is 2.70. The first-order valence-corrected chi connectivity index (χ1v) is 26.5. The third-order valence-electron chi connectivity index (χ3n) is 22.0. The van der Waals surface area contributed by atoms with Gasteiger partial charge in [-0.3, -0.25) is 0 Å². The van der Waals surface area contributed by atoms with Crippen LogP contribution in [-0.2, 0) is 0 Å². The highest BCUT2D eigenvalue weighted by Gasteiger charge is 2.63. The Bertz CT molecular complexity index is 1500. The Morgan fingerprint density at radius 1 is 0.525 bits per heavy atom. The van der Waals surface area contributed by atoms with Crippen LogP contribution < -0.4 is 0 Å². The summed E-state index contributed by atoms with van der Waals surface area (Å²) in [4.78, 5) is 0. The van der Waals surface area contributed by atoms with Crippen LogP contribution in [0.1, 0.15) is 225 Å². The highest BCUT2D eigenvalue weighted by atomic mass is 16.3. The average Bonchev–Trinajstić information content (AvgIpc) is 3.72. The normalized spacial score (nSPS) is 48.4. The minimum Gasteiger partial charge on any atom is -0.393 e. The zero-order valence-corrected chi connectivity index (χ0v) is 41.4. The topological polar surface area (TPSA) is 80.9 Å². The fraction of sp³-hybridized carbons (Fsp3) is 0.965. The predicted molar refractivity (Wildman–Crippen MR) is 257 cm³/mol. The molecule has 8 rings (SSSR count). The lowest BCUT2D eigenvalue weighted by molar-refractivity contribution is -0.149. The quantitative estimate of drug-likeness (QED) is 0.165. The second kappa shape index (κ2) is 18.3. The molecule has 4 nitrogen and oxygen atoms in total. The maximum Gasteiger partial charge on any atom is 0.0657 e. The third-order valence-corrected chi connectivity index (χ3v) is 22.0. The summed E-state index contributed by atoms with van der Waals surface area (Å²) in [7, 11) is 0. The molecule has 4 heteroatoms. The first-order valence-electron chi connectivity index (χ1n) is 26.5. The average molecular weight is 851 g/mol. The van der Waals surface area contributed by atoms with E-state index in [9.17, 15) is 20.4 Å². The minimum atomic E-state index is -0.499. The van der Waals surface area contributed by atoms with Gasteiger partial charge in [0.1, 0.15) is 0 Å². The molecule has 354 valence electrons. The van der Waals surface area contributed by atoms with Gasteiger partial charge in [-0.2, -0.15) is 0 Å². The fourth-order valence-corrected chi connectivity index (χ4v) is 18.1. The van der Waals surface area contributed by atoms with Gasteiger partial charge >= 0.3 is 0 Å². The fourth-order valence-electron chi connectivity index (χ4n) is 18.1. The molecule has 61 heavy (non-hydrogen) atoms. The van der Waals surface area contributed by atoms with Gasteiger partial charge in [-0.1, -0.05) is 88.3 Å². The van der Waals surface area contributed by atoms with Crippen LogP contribution in [0.25, 0.3) is 0 Å². The van der Waals surface area contributed by atoms with Gasteiger partial charge in [0.05, 0.1) is 23.4 Å². The molecule has 0 spiro atoms. The molecule has 0 unspecified atom stereocenters. The Balaban J connectivity index is 0.000000201. The minimum absolute atomic E-state index is 0. The van der Waals surface area contributed by atoms with Crippen molar-refractivity contribution in [3.8, 4) is 0 Å². The molecular weight excluding hydrogens is 749 g/mol. The van der Waals surface area contributed by atoms with Gasteiger partial charge < -0.3 is 20.4 Å². The zero-order chi connectivity index (χ0) is 43.8. The van der Waals surface area contributed by atoms with Gasteiger partial charge in [0, 0.05) is 0 Å². The molecule has 0 amide bonds. The van der Waals surface area contributed by atoms with Crippen LogP contribution in [0.4, 0.5) is 0 Å². The molecule has 4 N–H and O–H groups in total. The molecule has 0 bridgehead atoms. The molecule has 7 saturated carbocycles. The molecular formula is C57H102O4. The van der Waals surface area contributed by atoms with Crippen molar-refractivity contribution in [2.24, 2.45) is 98.6 Å². The molecule has 0 aliphatic heterocycles. The number of allylic oxidation sites excluding steroid dienone is 1. The maximum atomic E-state index is 11.0. The van der Waals surface area contributed by atoms with E-state index < -0.39 is 11.2 Å². The number of fused-ring (bicyclic) bond motifs is 10. The molecule has 0 saturated heterocycles. The van der Waals surface area contributed by atoms with Crippen molar-refractivity contribution in [1.82, 2.24) is 0 Å². The first kappa shape index (κ1) is 50.0. The van der Waals surface area contributed by atoms with E-state index in [0.717, 1.165) is 99.2 Å². The number of aliphatic hydroxyl groups is 4. The van der Waals surface area contributed by atoms with Crippen molar-refractivity contribution in [3.05, 3.63) is 11.6 Å². The van der Waals surface area contributed by atoms with E-state index in [1.54, 1.807) is 5.57 Å². The number of rotatable bonds is 10. The molecule has 0 aromatic rings. The summed E-state index contributed by atoms with van der Waals surface area (Å²) in [6.45, 7) is 28.2. The van der Waals surface area contributed by atoms with Gasteiger partial charge in [-0.15, -0.1) is 0 Å². The lowest BCUT2D eigenvalue weighted by atomic mass is 9.43. The third kappa shape index (κ3) is 9.32. The van der Waals surface area contributed by atoms with Crippen LogP contribution in [0.15, 0.2) is 11.6 Å². The molecule has 0 radical (unpaired) electrons. The lowest BCUT2D eigenvalue weighted by Crippen LogP contribution is -2.55. The Kier molecular flexibility index (Phi) is 15.0. The van der Waals surface area contributed by atoms with Crippen molar-refractivity contribution in [2.45, 2.75) is 249 Å². The van der Waals surface area contributed by atoms with Crippen LogP contribution >= 0.6 is 0 Å². The van der Waals surface area contributed by atoms with E-state index in [2.05, 4.69) is 82.2 Å². The first-order chi connectivity index (χ1) is 28.0. The van der Waals surface area contributed by atoms with E-state index in [0.29, 0.717) is 57.2 Å². The van der Waals surface area contributed by atoms with Crippen molar-refractivity contribution in [3.63, 3.8) is 0 Å². The number of aliphatic hydroxyl groups excluding tert-OH is 2. The predicted octanol–water partition coefficient (Wildman–Crippen LogP) is 14.2.